The van der Waals surface area contributed by atoms with Crippen LogP contribution in [0.2, 0.25) is 0 Å². The third kappa shape index (κ3) is 3.10. The van der Waals surface area contributed by atoms with E-state index in [9.17, 15) is 0 Å². The average Bonchev–Trinajstić information content (AvgIpc) is 3.71. The van der Waals surface area contributed by atoms with Crippen LogP contribution in [-0.4, -0.2) is 14.0 Å². The van der Waals surface area contributed by atoms with Gasteiger partial charge in [0.05, 0.1) is 33.1 Å². The molecule has 0 amide bonds. The van der Waals surface area contributed by atoms with Gasteiger partial charge in [0.2, 0.25) is 0 Å². The summed E-state index contributed by atoms with van der Waals surface area (Å²) in [5, 5.41) is 7.47. The summed E-state index contributed by atoms with van der Waals surface area (Å²) in [5.41, 5.74) is 8.91. The SMILES string of the molecule is c1ccc(-c2c3c4c(cccc4n2-c2ccccc2)c2cc4sc5ccccc5c4cc2n2c4ccccc4nc32)cc1. The Morgan fingerprint density at radius 1 is 0.488 bits per heavy atom. The molecule has 0 unspecified atom stereocenters. The first-order chi connectivity index (χ1) is 21.3. The Bertz CT molecular complexity index is 2710. The van der Waals surface area contributed by atoms with Gasteiger partial charge in [-0.3, -0.25) is 4.40 Å². The third-order valence-electron chi connectivity index (χ3n) is 8.87. The van der Waals surface area contributed by atoms with Crippen molar-refractivity contribution in [3.8, 4) is 16.9 Å². The van der Waals surface area contributed by atoms with Crippen LogP contribution in [0.15, 0.2) is 140 Å². The molecule has 3 nitrogen and oxygen atoms in total. The van der Waals surface area contributed by atoms with Gasteiger partial charge in [-0.25, -0.2) is 4.98 Å². The molecule has 10 aromatic rings. The van der Waals surface area contributed by atoms with Crippen molar-refractivity contribution in [3.05, 3.63) is 140 Å². The Balaban J connectivity index is 1.56. The number of aromatic nitrogens is 3. The largest absolute Gasteiger partial charge is 0.308 e. The zero-order chi connectivity index (χ0) is 28.1. The zero-order valence-corrected chi connectivity index (χ0v) is 23.8. The minimum absolute atomic E-state index is 0.977. The Morgan fingerprint density at radius 2 is 1.21 bits per heavy atom. The number of para-hydroxylation sites is 3. The molecule has 6 aromatic carbocycles. The summed E-state index contributed by atoms with van der Waals surface area (Å²) in [4.78, 5) is 5.41. The van der Waals surface area contributed by atoms with E-state index in [1.807, 2.05) is 11.3 Å². The first kappa shape index (κ1) is 23.1. The summed E-state index contributed by atoms with van der Waals surface area (Å²) in [6.45, 7) is 0. The van der Waals surface area contributed by atoms with E-state index in [4.69, 9.17) is 4.98 Å². The van der Waals surface area contributed by atoms with Gasteiger partial charge >= 0.3 is 0 Å². The summed E-state index contributed by atoms with van der Waals surface area (Å²) in [6, 6.07) is 50.4. The van der Waals surface area contributed by atoms with Crippen molar-refractivity contribution in [3.63, 3.8) is 0 Å². The predicted molar refractivity (Wildman–Crippen MR) is 183 cm³/mol. The highest BCUT2D eigenvalue weighted by molar-refractivity contribution is 7.25. The predicted octanol–water partition coefficient (Wildman–Crippen LogP) is 10.8. The highest BCUT2D eigenvalue weighted by atomic mass is 32.1. The highest BCUT2D eigenvalue weighted by Crippen LogP contribution is 2.46. The highest BCUT2D eigenvalue weighted by Gasteiger charge is 2.24. The molecule has 0 aliphatic rings. The van der Waals surface area contributed by atoms with Gasteiger partial charge in [0, 0.05) is 36.6 Å². The molecule has 10 rings (SSSR count). The molecule has 4 heterocycles. The molecule has 43 heavy (non-hydrogen) atoms. The van der Waals surface area contributed by atoms with Gasteiger partial charge in [0.15, 0.2) is 0 Å². The Morgan fingerprint density at radius 3 is 2.09 bits per heavy atom. The molecule has 0 radical (unpaired) electrons. The van der Waals surface area contributed by atoms with Crippen molar-refractivity contribution in [2.75, 3.05) is 0 Å². The Kier molecular flexibility index (Phi) is 4.60. The second kappa shape index (κ2) is 8.54. The molecule has 4 heteroatoms. The molecule has 0 bridgehead atoms. The molecule has 4 aromatic heterocycles. The summed E-state index contributed by atoms with van der Waals surface area (Å²) < 4.78 is 7.45. The van der Waals surface area contributed by atoms with Crippen LogP contribution < -0.4 is 0 Å². The normalized spacial score (nSPS) is 12.2. The number of benzene rings is 6. The van der Waals surface area contributed by atoms with E-state index < -0.39 is 0 Å². The lowest BCUT2D eigenvalue weighted by molar-refractivity contribution is 1.14. The van der Waals surface area contributed by atoms with E-state index in [1.165, 1.54) is 58.3 Å². The van der Waals surface area contributed by atoms with Gasteiger partial charge in [-0.15, -0.1) is 11.3 Å². The molecular weight excluding hydrogens is 543 g/mol. The molecule has 0 N–H and O–H groups in total. The molecule has 0 fully saturated rings. The number of hydrogen-bond acceptors (Lipinski definition) is 2. The first-order valence-corrected chi connectivity index (χ1v) is 15.4. The second-order valence-electron chi connectivity index (χ2n) is 11.2. The van der Waals surface area contributed by atoms with E-state index in [1.54, 1.807) is 0 Å². The molecule has 0 saturated heterocycles. The van der Waals surface area contributed by atoms with Crippen molar-refractivity contribution in [2.24, 2.45) is 0 Å². The number of imidazole rings is 1. The van der Waals surface area contributed by atoms with Crippen LogP contribution in [0.1, 0.15) is 0 Å². The van der Waals surface area contributed by atoms with E-state index in [0.29, 0.717) is 0 Å². The number of nitrogens with zero attached hydrogens (tertiary/aromatic N) is 3. The summed E-state index contributed by atoms with van der Waals surface area (Å²) >= 11 is 1.87. The lowest BCUT2D eigenvalue weighted by Crippen LogP contribution is -1.97. The minimum atomic E-state index is 0.977. The monoisotopic (exact) mass is 565 g/mol. The molecule has 0 saturated carbocycles. The molecule has 0 spiro atoms. The van der Waals surface area contributed by atoms with Crippen LogP contribution in [0, 0.1) is 0 Å². The molecule has 0 aliphatic carbocycles. The fraction of sp³-hybridized carbons (Fsp3) is 0. The van der Waals surface area contributed by atoms with Gasteiger partial charge in [0.25, 0.3) is 0 Å². The van der Waals surface area contributed by atoms with E-state index in [-0.39, 0.29) is 0 Å². The smallest absolute Gasteiger partial charge is 0.148 e. The van der Waals surface area contributed by atoms with Gasteiger partial charge < -0.3 is 4.57 Å². The molecule has 0 aliphatic heterocycles. The van der Waals surface area contributed by atoms with E-state index in [0.717, 1.165) is 28.1 Å². The Labute approximate surface area is 250 Å². The van der Waals surface area contributed by atoms with Crippen molar-refractivity contribution in [1.29, 1.82) is 0 Å². The quantitative estimate of drug-likeness (QED) is 0.204. The molecule has 0 atom stereocenters. The van der Waals surface area contributed by atoms with Gasteiger partial charge in [0.1, 0.15) is 5.65 Å². The van der Waals surface area contributed by atoms with Crippen LogP contribution in [-0.2, 0) is 0 Å². The van der Waals surface area contributed by atoms with Gasteiger partial charge in [-0.1, -0.05) is 91.0 Å². The summed E-state index contributed by atoms with van der Waals surface area (Å²) in [6.07, 6.45) is 0. The van der Waals surface area contributed by atoms with Crippen LogP contribution in [0.3, 0.4) is 0 Å². The summed E-state index contributed by atoms with van der Waals surface area (Å²) in [7, 11) is 0. The van der Waals surface area contributed by atoms with Crippen LogP contribution in [0.4, 0.5) is 0 Å². The number of hydrogen-bond donors (Lipinski definition) is 0. The maximum atomic E-state index is 5.41. The Hall–Kier alpha value is -5.45. The van der Waals surface area contributed by atoms with Crippen molar-refractivity contribution in [2.45, 2.75) is 0 Å². The van der Waals surface area contributed by atoms with Gasteiger partial charge in [-0.05, 0) is 59.5 Å². The second-order valence-corrected chi connectivity index (χ2v) is 12.3. The maximum Gasteiger partial charge on any atom is 0.148 e. The fourth-order valence-corrected chi connectivity index (χ4v) is 8.22. The van der Waals surface area contributed by atoms with Crippen LogP contribution in [0.25, 0.3) is 86.4 Å². The first-order valence-electron chi connectivity index (χ1n) is 14.6. The average molecular weight is 566 g/mol. The zero-order valence-electron chi connectivity index (χ0n) is 23.0. The summed E-state index contributed by atoms with van der Waals surface area (Å²) in [5.74, 6) is 0. The van der Waals surface area contributed by atoms with Crippen molar-refractivity contribution in [1.82, 2.24) is 14.0 Å². The lowest BCUT2D eigenvalue weighted by Gasteiger charge is -2.12. The molecular formula is C39H23N3S. The van der Waals surface area contributed by atoms with Crippen LogP contribution in [0.5, 0.6) is 0 Å². The van der Waals surface area contributed by atoms with E-state index >= 15 is 0 Å². The number of rotatable bonds is 2. The van der Waals surface area contributed by atoms with Crippen LogP contribution >= 0.6 is 11.3 Å². The number of thiophene rings is 1. The molecule has 200 valence electrons. The van der Waals surface area contributed by atoms with Crippen molar-refractivity contribution < 1.29 is 0 Å². The van der Waals surface area contributed by atoms with Gasteiger partial charge in [-0.2, -0.15) is 0 Å². The topological polar surface area (TPSA) is 22.2 Å². The lowest BCUT2D eigenvalue weighted by atomic mass is 10.0. The standard InChI is InChI=1S/C39H23N3S/c1-3-12-24(13-4-1)38-37-36-27(17-11-20-32(36)41(38)25-14-5-2-6-15-25)28-23-35-29(26-16-7-10-21-34(26)43-35)22-33(28)42-31-19-9-8-18-30(31)40-39(37)42/h1-23H. The third-order valence-corrected chi connectivity index (χ3v) is 10.00. The minimum Gasteiger partial charge on any atom is -0.308 e. The number of fused-ring (bicyclic) bond motifs is 10. The van der Waals surface area contributed by atoms with Crippen molar-refractivity contribution >= 4 is 80.8 Å². The maximum absolute atomic E-state index is 5.41. The fourth-order valence-electron chi connectivity index (χ4n) is 7.09. The van der Waals surface area contributed by atoms with E-state index in [2.05, 4.69) is 148 Å².